The number of ketones is 1. The second-order valence-electron chi connectivity index (χ2n) is 4.30. The Kier molecular flexibility index (Phi) is 4.28. The summed E-state index contributed by atoms with van der Waals surface area (Å²) in [6.07, 6.45) is -4.23. The zero-order chi connectivity index (χ0) is 14.8. The van der Waals surface area contributed by atoms with Crippen molar-refractivity contribution < 1.29 is 18.0 Å². The summed E-state index contributed by atoms with van der Waals surface area (Å²) in [5, 5.41) is 0. The number of hydrogen-bond donors (Lipinski definition) is 0. The van der Waals surface area contributed by atoms with E-state index in [0.717, 1.165) is 22.2 Å². The van der Waals surface area contributed by atoms with Crippen LogP contribution in [0.5, 0.6) is 0 Å². The molecule has 0 amide bonds. The second-order valence-corrected chi connectivity index (χ2v) is 5.22. The lowest BCUT2D eigenvalue weighted by atomic mass is 10.0. The number of halogens is 4. The zero-order valence-corrected chi connectivity index (χ0v) is 11.8. The molecule has 5 heteroatoms. The quantitative estimate of drug-likeness (QED) is 0.725. The largest absolute Gasteiger partial charge is 0.416 e. The minimum atomic E-state index is -4.38. The third-order valence-electron chi connectivity index (χ3n) is 2.79. The molecule has 0 aliphatic heterocycles. The first-order chi connectivity index (χ1) is 9.36. The van der Waals surface area contributed by atoms with Crippen LogP contribution in [0, 0.1) is 0 Å². The number of carbonyl (C=O) groups excluding carboxylic acids is 1. The van der Waals surface area contributed by atoms with Gasteiger partial charge in [0, 0.05) is 16.5 Å². The summed E-state index contributed by atoms with van der Waals surface area (Å²) in [6.45, 7) is 0. The maximum atomic E-state index is 12.4. The van der Waals surface area contributed by atoms with E-state index in [2.05, 4.69) is 15.9 Å². The molecule has 104 valence electrons. The fourth-order valence-corrected chi connectivity index (χ4v) is 2.23. The number of Topliss-reactive ketones (excluding diaryl/α,β-unsaturated/α-hetero) is 1. The van der Waals surface area contributed by atoms with Gasteiger partial charge in [-0.05, 0) is 29.8 Å². The highest BCUT2D eigenvalue weighted by molar-refractivity contribution is 9.10. The van der Waals surface area contributed by atoms with Crippen molar-refractivity contribution in [3.8, 4) is 0 Å². The third kappa shape index (κ3) is 3.70. The minimum Gasteiger partial charge on any atom is -0.294 e. The Morgan fingerprint density at radius 3 is 2.25 bits per heavy atom. The van der Waals surface area contributed by atoms with Crippen LogP contribution < -0.4 is 0 Å². The monoisotopic (exact) mass is 342 g/mol. The van der Waals surface area contributed by atoms with Gasteiger partial charge in [-0.2, -0.15) is 13.2 Å². The van der Waals surface area contributed by atoms with Crippen LogP contribution in [0.4, 0.5) is 13.2 Å². The summed E-state index contributed by atoms with van der Waals surface area (Å²) in [7, 11) is 0. The van der Waals surface area contributed by atoms with E-state index in [1.54, 1.807) is 12.1 Å². The molecule has 20 heavy (non-hydrogen) atoms. The Bertz CT molecular complexity index is 618. The van der Waals surface area contributed by atoms with Crippen molar-refractivity contribution in [3.63, 3.8) is 0 Å². The zero-order valence-electron chi connectivity index (χ0n) is 10.2. The van der Waals surface area contributed by atoms with Gasteiger partial charge in [0.2, 0.25) is 0 Å². The molecule has 0 aliphatic rings. The normalized spacial score (nSPS) is 11.4. The van der Waals surface area contributed by atoms with Crippen molar-refractivity contribution in [1.29, 1.82) is 0 Å². The summed E-state index contributed by atoms with van der Waals surface area (Å²) in [4.78, 5) is 12.0. The SMILES string of the molecule is O=C(Cc1cccc(Br)c1)c1ccc(C(F)(F)F)cc1. The molecule has 0 unspecified atom stereocenters. The molecule has 1 nitrogen and oxygen atoms in total. The van der Waals surface area contributed by atoms with Crippen LogP contribution in [0.3, 0.4) is 0 Å². The number of rotatable bonds is 3. The van der Waals surface area contributed by atoms with Crippen LogP contribution in [-0.4, -0.2) is 5.78 Å². The molecule has 0 saturated heterocycles. The van der Waals surface area contributed by atoms with Crippen LogP contribution in [0.2, 0.25) is 0 Å². The molecule has 0 fully saturated rings. The van der Waals surface area contributed by atoms with Gasteiger partial charge in [-0.1, -0.05) is 40.2 Å². The number of benzene rings is 2. The number of alkyl halides is 3. The smallest absolute Gasteiger partial charge is 0.294 e. The lowest BCUT2D eigenvalue weighted by Crippen LogP contribution is -2.07. The van der Waals surface area contributed by atoms with Gasteiger partial charge in [0.1, 0.15) is 0 Å². The highest BCUT2D eigenvalue weighted by Crippen LogP contribution is 2.29. The van der Waals surface area contributed by atoms with Crippen molar-refractivity contribution in [2.24, 2.45) is 0 Å². The number of carbonyl (C=O) groups is 1. The van der Waals surface area contributed by atoms with E-state index in [1.807, 2.05) is 12.1 Å². The average Bonchev–Trinajstić information content (AvgIpc) is 2.38. The third-order valence-corrected chi connectivity index (χ3v) is 3.28. The summed E-state index contributed by atoms with van der Waals surface area (Å²) < 4.78 is 38.1. The molecule has 2 aromatic rings. The molecule has 0 bridgehead atoms. The standard InChI is InChI=1S/C15H10BrF3O/c16-13-3-1-2-10(8-13)9-14(20)11-4-6-12(7-5-11)15(17,18)19/h1-8H,9H2. The van der Waals surface area contributed by atoms with E-state index in [0.29, 0.717) is 0 Å². The highest BCUT2D eigenvalue weighted by atomic mass is 79.9. The lowest BCUT2D eigenvalue weighted by Gasteiger charge is -2.07. The van der Waals surface area contributed by atoms with Gasteiger partial charge in [-0.25, -0.2) is 0 Å². The molecular formula is C15H10BrF3O. The maximum Gasteiger partial charge on any atom is 0.416 e. The predicted octanol–water partition coefficient (Wildman–Crippen LogP) is 4.89. The molecule has 0 N–H and O–H groups in total. The second kappa shape index (κ2) is 5.79. The topological polar surface area (TPSA) is 17.1 Å². The van der Waals surface area contributed by atoms with E-state index < -0.39 is 11.7 Å². The average molecular weight is 343 g/mol. The van der Waals surface area contributed by atoms with E-state index in [4.69, 9.17) is 0 Å². The highest BCUT2D eigenvalue weighted by Gasteiger charge is 2.30. The predicted molar refractivity (Wildman–Crippen MR) is 73.6 cm³/mol. The van der Waals surface area contributed by atoms with Gasteiger partial charge in [0.25, 0.3) is 0 Å². The van der Waals surface area contributed by atoms with Crippen molar-refractivity contribution >= 4 is 21.7 Å². The van der Waals surface area contributed by atoms with Crippen LogP contribution in [0.15, 0.2) is 53.0 Å². The first-order valence-electron chi connectivity index (χ1n) is 5.81. The van der Waals surface area contributed by atoms with Gasteiger partial charge >= 0.3 is 6.18 Å². The summed E-state index contributed by atoms with van der Waals surface area (Å²) >= 11 is 3.30. The van der Waals surface area contributed by atoms with Crippen molar-refractivity contribution in [3.05, 3.63) is 69.7 Å². The molecule has 0 atom stereocenters. The lowest BCUT2D eigenvalue weighted by molar-refractivity contribution is -0.137. The Balaban J connectivity index is 2.14. The van der Waals surface area contributed by atoms with Crippen molar-refractivity contribution in [2.75, 3.05) is 0 Å². The van der Waals surface area contributed by atoms with Crippen LogP contribution in [0.25, 0.3) is 0 Å². The van der Waals surface area contributed by atoms with E-state index in [9.17, 15) is 18.0 Å². The van der Waals surface area contributed by atoms with Crippen LogP contribution >= 0.6 is 15.9 Å². The summed E-state index contributed by atoms with van der Waals surface area (Å²) in [6, 6.07) is 11.5. The number of hydrogen-bond acceptors (Lipinski definition) is 1. The molecule has 0 spiro atoms. The Labute approximate surface area is 122 Å². The molecule has 2 rings (SSSR count). The van der Waals surface area contributed by atoms with Gasteiger partial charge in [-0.3, -0.25) is 4.79 Å². The van der Waals surface area contributed by atoms with E-state index in [-0.39, 0.29) is 17.8 Å². The first-order valence-corrected chi connectivity index (χ1v) is 6.60. The van der Waals surface area contributed by atoms with E-state index >= 15 is 0 Å². The molecule has 0 saturated carbocycles. The van der Waals surface area contributed by atoms with E-state index in [1.165, 1.54) is 12.1 Å². The first kappa shape index (κ1) is 14.8. The van der Waals surface area contributed by atoms with Gasteiger partial charge in [0.15, 0.2) is 5.78 Å². The molecule has 0 aliphatic carbocycles. The van der Waals surface area contributed by atoms with Crippen molar-refractivity contribution in [1.82, 2.24) is 0 Å². The minimum absolute atomic E-state index is 0.158. The van der Waals surface area contributed by atoms with Crippen LogP contribution in [0.1, 0.15) is 21.5 Å². The summed E-state index contributed by atoms with van der Waals surface area (Å²) in [5.41, 5.74) is 0.332. The van der Waals surface area contributed by atoms with Crippen molar-refractivity contribution in [2.45, 2.75) is 12.6 Å². The van der Waals surface area contributed by atoms with Gasteiger partial charge < -0.3 is 0 Å². The Morgan fingerprint density at radius 2 is 1.70 bits per heavy atom. The Morgan fingerprint density at radius 1 is 1.05 bits per heavy atom. The fourth-order valence-electron chi connectivity index (χ4n) is 1.78. The molecule has 0 heterocycles. The molecule has 0 radical (unpaired) electrons. The summed E-state index contributed by atoms with van der Waals surface area (Å²) in [5.74, 6) is -0.211. The molecular weight excluding hydrogens is 333 g/mol. The maximum absolute atomic E-state index is 12.4. The fraction of sp³-hybridized carbons (Fsp3) is 0.133. The van der Waals surface area contributed by atoms with Gasteiger partial charge in [0.05, 0.1) is 5.56 Å². The molecule has 2 aromatic carbocycles. The van der Waals surface area contributed by atoms with Crippen LogP contribution in [-0.2, 0) is 12.6 Å². The Hall–Kier alpha value is -1.62. The molecule has 0 aromatic heterocycles. The van der Waals surface area contributed by atoms with Gasteiger partial charge in [-0.15, -0.1) is 0 Å².